The van der Waals surface area contributed by atoms with Gasteiger partial charge in [-0.2, -0.15) is 0 Å². The molecule has 2 unspecified atom stereocenters. The van der Waals surface area contributed by atoms with E-state index < -0.39 is 6.17 Å². The first-order chi connectivity index (χ1) is 16.2. The van der Waals surface area contributed by atoms with E-state index in [0.717, 1.165) is 62.1 Å². The zero-order chi connectivity index (χ0) is 22.6. The lowest BCUT2D eigenvalue weighted by Crippen LogP contribution is -2.42. The second kappa shape index (κ2) is 9.83. The van der Waals surface area contributed by atoms with E-state index in [-0.39, 0.29) is 11.7 Å². The summed E-state index contributed by atoms with van der Waals surface area (Å²) in [6, 6.07) is 13.0. The van der Waals surface area contributed by atoms with Crippen molar-refractivity contribution in [1.29, 1.82) is 0 Å². The van der Waals surface area contributed by atoms with Gasteiger partial charge in [0.25, 0.3) is 0 Å². The zero-order valence-corrected chi connectivity index (χ0v) is 18.6. The van der Waals surface area contributed by atoms with Gasteiger partial charge < -0.3 is 9.88 Å². The lowest BCUT2D eigenvalue weighted by atomic mass is 9.90. The summed E-state index contributed by atoms with van der Waals surface area (Å²) >= 11 is 0. The molecule has 7 heteroatoms. The van der Waals surface area contributed by atoms with Crippen molar-refractivity contribution in [2.45, 2.75) is 38.3 Å². The zero-order valence-electron chi connectivity index (χ0n) is 18.6. The molecule has 4 aromatic rings. The van der Waals surface area contributed by atoms with Gasteiger partial charge in [0, 0.05) is 41.8 Å². The minimum atomic E-state index is -0.764. The number of aromatic amines is 1. The minimum absolute atomic E-state index is 0.0152. The average molecular weight is 450 g/mol. The fourth-order valence-electron chi connectivity index (χ4n) is 4.96. The highest BCUT2D eigenvalue weighted by molar-refractivity contribution is 5.85. The van der Waals surface area contributed by atoms with Crippen LogP contribution in [0.4, 0.5) is 8.78 Å². The fourth-order valence-corrected chi connectivity index (χ4v) is 4.96. The molecule has 0 spiro atoms. The molecule has 2 aromatic heterocycles. The van der Waals surface area contributed by atoms with Gasteiger partial charge >= 0.3 is 0 Å². The summed E-state index contributed by atoms with van der Waals surface area (Å²) in [6.07, 6.45) is 8.79. The number of hydrogen-bond acceptors (Lipinski definition) is 3. The maximum absolute atomic E-state index is 14.6. The third-order valence-electron chi connectivity index (χ3n) is 6.81. The number of benzene rings is 2. The van der Waals surface area contributed by atoms with E-state index in [1.165, 1.54) is 17.0 Å². The third kappa shape index (κ3) is 5.14. The summed E-state index contributed by atoms with van der Waals surface area (Å²) in [5.41, 5.74) is 4.41. The Bertz CT molecular complexity index is 1190. The second-order valence-electron chi connectivity index (χ2n) is 9.05. The van der Waals surface area contributed by atoms with E-state index in [1.807, 2.05) is 10.6 Å². The Labute approximate surface area is 192 Å². The van der Waals surface area contributed by atoms with Crippen LogP contribution in [0.3, 0.4) is 0 Å². The Hall–Kier alpha value is -3.06. The molecule has 0 aliphatic carbocycles. The molecule has 0 saturated carbocycles. The number of H-pyrrole nitrogens is 1. The van der Waals surface area contributed by atoms with Gasteiger partial charge in [0.05, 0.1) is 0 Å². The number of nitrogens with zero attached hydrogens (tertiary/aromatic N) is 4. The molecule has 1 fully saturated rings. The molecule has 2 atom stereocenters. The number of fused-ring (bicyclic) bond motifs is 1. The predicted octanol–water partition coefficient (Wildman–Crippen LogP) is 5.11. The monoisotopic (exact) mass is 449 g/mol. The van der Waals surface area contributed by atoms with Gasteiger partial charge in [-0.1, -0.05) is 12.1 Å². The maximum atomic E-state index is 14.6. The number of alkyl halides is 1. The number of piperidine rings is 1. The Kier molecular flexibility index (Phi) is 6.48. The minimum Gasteiger partial charge on any atom is -0.361 e. The summed E-state index contributed by atoms with van der Waals surface area (Å²) in [6.45, 7) is 2.55. The van der Waals surface area contributed by atoms with Crippen LogP contribution in [0, 0.1) is 11.7 Å². The van der Waals surface area contributed by atoms with Crippen LogP contribution in [0.25, 0.3) is 16.6 Å². The van der Waals surface area contributed by atoms with Crippen LogP contribution < -0.4 is 0 Å². The van der Waals surface area contributed by atoms with Crippen LogP contribution in [0.2, 0.25) is 0 Å². The Morgan fingerprint density at radius 3 is 2.79 bits per heavy atom. The normalized spacial score (nSPS) is 19.3. The molecule has 1 aliphatic rings. The lowest BCUT2D eigenvalue weighted by Gasteiger charge is -2.35. The van der Waals surface area contributed by atoms with Gasteiger partial charge in [-0.25, -0.2) is 8.78 Å². The van der Waals surface area contributed by atoms with Crippen molar-refractivity contribution in [3.05, 3.63) is 78.3 Å². The van der Waals surface area contributed by atoms with Crippen LogP contribution in [0.1, 0.15) is 30.4 Å². The molecule has 0 amide bonds. The average Bonchev–Trinajstić information content (AvgIpc) is 3.49. The highest BCUT2D eigenvalue weighted by Gasteiger charge is 2.28. The van der Waals surface area contributed by atoms with Crippen LogP contribution in [-0.4, -0.2) is 50.5 Å². The van der Waals surface area contributed by atoms with Crippen molar-refractivity contribution in [2.75, 3.05) is 19.6 Å². The third-order valence-corrected chi connectivity index (χ3v) is 6.81. The molecule has 5 rings (SSSR count). The maximum Gasteiger partial charge on any atom is 0.123 e. The molecule has 5 nitrogen and oxygen atoms in total. The van der Waals surface area contributed by atoms with E-state index in [1.54, 1.807) is 24.8 Å². The first-order valence-electron chi connectivity index (χ1n) is 11.7. The molecule has 1 aliphatic heterocycles. The molecule has 1 saturated heterocycles. The van der Waals surface area contributed by atoms with Crippen LogP contribution >= 0.6 is 0 Å². The summed E-state index contributed by atoms with van der Waals surface area (Å²) in [7, 11) is 0. The van der Waals surface area contributed by atoms with E-state index in [0.29, 0.717) is 6.42 Å². The van der Waals surface area contributed by atoms with Gasteiger partial charge in [0.15, 0.2) is 0 Å². The molecular weight excluding hydrogens is 420 g/mol. The summed E-state index contributed by atoms with van der Waals surface area (Å²) in [4.78, 5) is 5.76. The van der Waals surface area contributed by atoms with Gasteiger partial charge in [-0.05, 0) is 80.1 Å². The quantitative estimate of drug-likeness (QED) is 0.407. The van der Waals surface area contributed by atoms with Crippen LogP contribution in [0.15, 0.2) is 61.3 Å². The van der Waals surface area contributed by atoms with Crippen molar-refractivity contribution >= 4 is 10.9 Å². The number of aromatic nitrogens is 4. The van der Waals surface area contributed by atoms with E-state index in [9.17, 15) is 8.78 Å². The smallest absolute Gasteiger partial charge is 0.123 e. The highest BCUT2D eigenvalue weighted by Crippen LogP contribution is 2.26. The number of nitrogens with one attached hydrogen (secondary N) is 1. The van der Waals surface area contributed by atoms with Crippen molar-refractivity contribution < 1.29 is 8.78 Å². The van der Waals surface area contributed by atoms with Crippen molar-refractivity contribution in [2.24, 2.45) is 5.92 Å². The number of rotatable bonds is 8. The molecule has 0 radical (unpaired) electrons. The van der Waals surface area contributed by atoms with Crippen molar-refractivity contribution in [3.8, 4) is 5.69 Å². The topological polar surface area (TPSA) is 49.7 Å². The van der Waals surface area contributed by atoms with Gasteiger partial charge in [0.1, 0.15) is 24.6 Å². The molecule has 172 valence electrons. The van der Waals surface area contributed by atoms with Crippen molar-refractivity contribution in [3.63, 3.8) is 0 Å². The van der Waals surface area contributed by atoms with Crippen LogP contribution in [0.5, 0.6) is 0 Å². The molecule has 1 N–H and O–H groups in total. The van der Waals surface area contributed by atoms with E-state index >= 15 is 0 Å². The molecular formula is C26H29F2N5. The molecule has 0 bridgehead atoms. The summed E-state index contributed by atoms with van der Waals surface area (Å²) in [5.74, 6) is -0.206. The molecule has 33 heavy (non-hydrogen) atoms. The van der Waals surface area contributed by atoms with Crippen molar-refractivity contribution in [1.82, 2.24) is 24.6 Å². The summed E-state index contributed by atoms with van der Waals surface area (Å²) < 4.78 is 29.9. The van der Waals surface area contributed by atoms with Crippen LogP contribution in [-0.2, 0) is 12.8 Å². The number of likely N-dealkylation sites (tertiary alicyclic amines) is 1. The lowest BCUT2D eigenvalue weighted by molar-refractivity contribution is 0.0822. The first-order valence-corrected chi connectivity index (χ1v) is 11.7. The number of halogens is 2. The van der Waals surface area contributed by atoms with E-state index in [2.05, 4.69) is 44.5 Å². The highest BCUT2D eigenvalue weighted by atomic mass is 19.1. The predicted molar refractivity (Wildman–Crippen MR) is 126 cm³/mol. The second-order valence-corrected chi connectivity index (χ2v) is 9.05. The van der Waals surface area contributed by atoms with Gasteiger partial charge in [-0.15, -0.1) is 10.2 Å². The largest absolute Gasteiger partial charge is 0.361 e. The van der Waals surface area contributed by atoms with E-state index in [4.69, 9.17) is 0 Å². The Balaban J connectivity index is 1.16. The molecule has 3 heterocycles. The fraction of sp³-hybridized carbons (Fsp3) is 0.385. The molecule has 2 aromatic carbocycles. The Morgan fingerprint density at radius 2 is 1.94 bits per heavy atom. The standard InChI is InChI=1S/C26H29F2N5/c27-22-5-1-3-19(13-22)6-7-21-16-32(12-10-25(21)28)11-2-4-20-15-29-26-9-8-23(14-24(20)26)33-17-30-31-18-33/h1,3,5,8-9,13-15,17-18,21,25,29H,2,4,6-7,10-12,16H2. The number of aryl methyl sites for hydroxylation is 2. The first kappa shape index (κ1) is 21.8. The SMILES string of the molecule is Fc1cccc(CCC2CN(CCCc3c[nH]c4ccc(-n5cnnc5)cc34)CCC2F)c1. The van der Waals surface area contributed by atoms with Gasteiger partial charge in [-0.3, -0.25) is 4.57 Å². The Morgan fingerprint density at radius 1 is 1.06 bits per heavy atom. The van der Waals surface area contributed by atoms with Gasteiger partial charge in [0.2, 0.25) is 0 Å². The number of hydrogen-bond donors (Lipinski definition) is 1. The summed E-state index contributed by atoms with van der Waals surface area (Å²) in [5, 5.41) is 9.00.